The predicted octanol–water partition coefficient (Wildman–Crippen LogP) is 7.14. The quantitative estimate of drug-likeness (QED) is 0.405. The molecular weight excluding hydrogens is 418 g/mol. The van der Waals surface area contributed by atoms with Crippen molar-refractivity contribution in [1.82, 2.24) is 0 Å². The van der Waals surface area contributed by atoms with E-state index in [1.165, 1.54) is 16.7 Å². The van der Waals surface area contributed by atoms with E-state index >= 15 is 0 Å². The lowest BCUT2D eigenvalue weighted by molar-refractivity contribution is -0.117. The van der Waals surface area contributed by atoms with Crippen LogP contribution in [-0.4, -0.2) is 12.5 Å². The van der Waals surface area contributed by atoms with Gasteiger partial charge in [-0.3, -0.25) is 4.79 Å². The summed E-state index contributed by atoms with van der Waals surface area (Å²) < 4.78 is 6.25. The third kappa shape index (κ3) is 4.31. The summed E-state index contributed by atoms with van der Waals surface area (Å²) in [5, 5.41) is 0.710. The van der Waals surface area contributed by atoms with Crippen LogP contribution in [0.2, 0.25) is 5.02 Å². The van der Waals surface area contributed by atoms with Crippen molar-refractivity contribution in [2.24, 2.45) is 0 Å². The summed E-state index contributed by atoms with van der Waals surface area (Å²) in [5.41, 5.74) is 7.01. The van der Waals surface area contributed by atoms with E-state index in [9.17, 15) is 4.79 Å². The summed E-state index contributed by atoms with van der Waals surface area (Å²) in [6.45, 7) is 1.32. The van der Waals surface area contributed by atoms with Crippen molar-refractivity contribution in [1.29, 1.82) is 0 Å². The summed E-state index contributed by atoms with van der Waals surface area (Å²) in [6.07, 6.45) is 4.67. The number of halogens is 1. The van der Waals surface area contributed by atoms with Gasteiger partial charge in [0.05, 0.1) is 0 Å². The van der Waals surface area contributed by atoms with E-state index in [4.69, 9.17) is 16.3 Å². The van der Waals surface area contributed by atoms with Crippen molar-refractivity contribution >= 4 is 34.3 Å². The minimum Gasteiger partial charge on any atom is -0.488 e. The Kier molecular flexibility index (Phi) is 6.00. The SMILES string of the molecule is O=C1CCCN1c1cccc(C2=C(c3cc(Cl)ccc3OCc3ccccc3)CCC2)c1. The number of benzene rings is 3. The Morgan fingerprint density at radius 3 is 2.50 bits per heavy atom. The number of rotatable bonds is 6. The largest absolute Gasteiger partial charge is 0.488 e. The van der Waals surface area contributed by atoms with Crippen LogP contribution in [-0.2, 0) is 11.4 Å². The molecule has 1 saturated heterocycles. The Morgan fingerprint density at radius 2 is 1.69 bits per heavy atom. The van der Waals surface area contributed by atoms with Crippen molar-refractivity contribution in [2.75, 3.05) is 11.4 Å². The van der Waals surface area contributed by atoms with E-state index in [-0.39, 0.29) is 5.91 Å². The van der Waals surface area contributed by atoms with E-state index in [0.29, 0.717) is 18.1 Å². The van der Waals surface area contributed by atoms with Gasteiger partial charge in [-0.05, 0) is 78.3 Å². The van der Waals surface area contributed by atoms with Crippen molar-refractivity contribution < 1.29 is 9.53 Å². The number of carbonyl (C=O) groups is 1. The number of nitrogens with zero attached hydrogens (tertiary/aromatic N) is 1. The van der Waals surface area contributed by atoms with Gasteiger partial charge in [0.25, 0.3) is 0 Å². The second kappa shape index (κ2) is 9.22. The lowest BCUT2D eigenvalue weighted by atomic mass is 9.96. The number of allylic oxidation sites excluding steroid dienone is 2. The fourth-order valence-electron chi connectivity index (χ4n) is 4.74. The molecule has 0 aromatic heterocycles. The Labute approximate surface area is 194 Å². The van der Waals surface area contributed by atoms with Crippen LogP contribution >= 0.6 is 11.6 Å². The van der Waals surface area contributed by atoms with Gasteiger partial charge in [-0.25, -0.2) is 0 Å². The van der Waals surface area contributed by atoms with Crippen LogP contribution in [0.3, 0.4) is 0 Å². The van der Waals surface area contributed by atoms with Gasteiger partial charge in [0.15, 0.2) is 0 Å². The minimum absolute atomic E-state index is 0.217. The van der Waals surface area contributed by atoms with E-state index in [0.717, 1.165) is 54.8 Å². The molecule has 2 aliphatic rings. The van der Waals surface area contributed by atoms with E-state index in [2.05, 4.69) is 30.3 Å². The molecule has 0 spiro atoms. The summed E-state index contributed by atoms with van der Waals surface area (Å²) in [7, 11) is 0. The molecule has 3 nitrogen and oxygen atoms in total. The summed E-state index contributed by atoms with van der Waals surface area (Å²) >= 11 is 6.41. The number of carbonyl (C=O) groups excluding carboxylic acids is 1. The topological polar surface area (TPSA) is 29.5 Å². The number of hydrogen-bond donors (Lipinski definition) is 0. The van der Waals surface area contributed by atoms with Gasteiger partial charge in [-0.15, -0.1) is 0 Å². The highest BCUT2D eigenvalue weighted by atomic mass is 35.5. The van der Waals surface area contributed by atoms with Crippen LogP contribution in [0.15, 0.2) is 72.8 Å². The lowest BCUT2D eigenvalue weighted by Crippen LogP contribution is -2.23. The zero-order chi connectivity index (χ0) is 21.9. The third-order valence-electron chi connectivity index (χ3n) is 6.30. The fourth-order valence-corrected chi connectivity index (χ4v) is 4.91. The van der Waals surface area contributed by atoms with Crippen LogP contribution in [0.25, 0.3) is 11.1 Å². The van der Waals surface area contributed by atoms with E-state index in [1.807, 2.05) is 47.4 Å². The molecule has 32 heavy (non-hydrogen) atoms. The van der Waals surface area contributed by atoms with Gasteiger partial charge in [-0.2, -0.15) is 0 Å². The first-order valence-corrected chi connectivity index (χ1v) is 11.7. The van der Waals surface area contributed by atoms with Gasteiger partial charge < -0.3 is 9.64 Å². The molecule has 1 fully saturated rings. The molecule has 4 heteroatoms. The second-order valence-electron chi connectivity index (χ2n) is 8.42. The molecule has 3 aromatic rings. The van der Waals surface area contributed by atoms with Crippen molar-refractivity contribution in [3.05, 3.63) is 94.5 Å². The molecule has 3 aromatic carbocycles. The molecule has 0 saturated carbocycles. The first kappa shape index (κ1) is 20.8. The zero-order valence-electron chi connectivity index (χ0n) is 18.0. The molecule has 0 unspecified atom stereocenters. The second-order valence-corrected chi connectivity index (χ2v) is 8.86. The van der Waals surface area contributed by atoms with Crippen LogP contribution in [0.5, 0.6) is 5.75 Å². The highest BCUT2D eigenvalue weighted by Crippen LogP contribution is 2.44. The maximum absolute atomic E-state index is 12.2. The molecule has 0 N–H and O–H groups in total. The molecule has 1 aliphatic carbocycles. The highest BCUT2D eigenvalue weighted by molar-refractivity contribution is 6.30. The molecule has 1 aliphatic heterocycles. The molecule has 5 rings (SSSR count). The molecule has 0 atom stereocenters. The molecule has 0 radical (unpaired) electrons. The standard InChI is InChI=1S/C28H26ClNO2/c29-22-14-15-27(32-19-20-7-2-1-3-8-20)26(18-22)25-12-5-11-24(25)21-9-4-10-23(17-21)30-16-6-13-28(30)31/h1-4,7-10,14-15,17-18H,5-6,11-13,16,19H2. The number of hydrogen-bond acceptors (Lipinski definition) is 2. The van der Waals surface area contributed by atoms with Gasteiger partial charge in [0.1, 0.15) is 12.4 Å². The van der Waals surface area contributed by atoms with Crippen LogP contribution < -0.4 is 9.64 Å². The number of ether oxygens (including phenoxy) is 1. The normalized spacial score (nSPS) is 16.2. The number of anilines is 1. The average molecular weight is 444 g/mol. The lowest BCUT2D eigenvalue weighted by Gasteiger charge is -2.18. The minimum atomic E-state index is 0.217. The molecule has 162 valence electrons. The van der Waals surface area contributed by atoms with Gasteiger partial charge in [-0.1, -0.05) is 54.1 Å². The van der Waals surface area contributed by atoms with Gasteiger partial charge >= 0.3 is 0 Å². The first-order valence-electron chi connectivity index (χ1n) is 11.3. The Balaban J connectivity index is 1.50. The van der Waals surface area contributed by atoms with Crippen LogP contribution in [0, 0.1) is 0 Å². The maximum atomic E-state index is 12.2. The Hall–Kier alpha value is -3.04. The number of amides is 1. The van der Waals surface area contributed by atoms with Gasteiger partial charge in [0.2, 0.25) is 5.91 Å². The Bertz CT molecular complexity index is 1170. The summed E-state index contributed by atoms with van der Waals surface area (Å²) in [6, 6.07) is 24.5. The smallest absolute Gasteiger partial charge is 0.227 e. The van der Waals surface area contributed by atoms with Gasteiger partial charge in [0, 0.05) is 29.2 Å². The Morgan fingerprint density at radius 1 is 0.844 bits per heavy atom. The van der Waals surface area contributed by atoms with Crippen LogP contribution in [0.4, 0.5) is 5.69 Å². The third-order valence-corrected chi connectivity index (χ3v) is 6.54. The van der Waals surface area contributed by atoms with Crippen molar-refractivity contribution in [3.8, 4) is 5.75 Å². The summed E-state index contributed by atoms with van der Waals surface area (Å²) in [5.74, 6) is 1.08. The van der Waals surface area contributed by atoms with Crippen LogP contribution in [0.1, 0.15) is 48.8 Å². The molecule has 1 heterocycles. The molecular formula is C28H26ClNO2. The molecule has 1 amide bonds. The van der Waals surface area contributed by atoms with Crippen molar-refractivity contribution in [3.63, 3.8) is 0 Å². The maximum Gasteiger partial charge on any atom is 0.227 e. The zero-order valence-corrected chi connectivity index (χ0v) is 18.8. The van der Waals surface area contributed by atoms with E-state index in [1.54, 1.807) is 0 Å². The summed E-state index contributed by atoms with van der Waals surface area (Å²) in [4.78, 5) is 14.2. The monoisotopic (exact) mass is 443 g/mol. The molecule has 0 bridgehead atoms. The highest BCUT2D eigenvalue weighted by Gasteiger charge is 2.24. The van der Waals surface area contributed by atoms with E-state index < -0.39 is 0 Å². The van der Waals surface area contributed by atoms with Crippen molar-refractivity contribution in [2.45, 2.75) is 38.7 Å². The first-order chi connectivity index (χ1) is 15.7. The average Bonchev–Trinajstić information content (AvgIpc) is 3.48. The predicted molar refractivity (Wildman–Crippen MR) is 131 cm³/mol. The fraction of sp³-hybridized carbons (Fsp3) is 0.250.